The molecule has 1 aromatic heterocycles. The van der Waals surface area contributed by atoms with Crippen LogP contribution in [0.15, 0.2) is 42.6 Å². The van der Waals surface area contributed by atoms with Gasteiger partial charge in [-0.15, -0.1) is 0 Å². The maximum absolute atomic E-state index is 13.5. The Labute approximate surface area is 129 Å². The van der Waals surface area contributed by atoms with Gasteiger partial charge in [-0.05, 0) is 38.1 Å². The van der Waals surface area contributed by atoms with E-state index in [2.05, 4.69) is 4.98 Å². The normalized spacial score (nSPS) is 10.3. The molecular weight excluding hydrogens is 283 g/mol. The maximum atomic E-state index is 13.5. The van der Waals surface area contributed by atoms with Gasteiger partial charge in [0.15, 0.2) is 11.6 Å². The van der Waals surface area contributed by atoms with Crippen molar-refractivity contribution in [3.8, 4) is 5.75 Å². The average molecular weight is 302 g/mol. The number of carbonyl (C=O) groups excluding carboxylic acids is 1. The second-order valence-corrected chi connectivity index (χ2v) is 4.80. The number of amides is 1. The molecule has 0 N–H and O–H groups in total. The molecule has 0 unspecified atom stereocenters. The molecule has 0 radical (unpaired) electrons. The van der Waals surface area contributed by atoms with Crippen molar-refractivity contribution < 1.29 is 13.9 Å². The van der Waals surface area contributed by atoms with Gasteiger partial charge in [-0.25, -0.2) is 4.39 Å². The second-order valence-electron chi connectivity index (χ2n) is 4.80. The summed E-state index contributed by atoms with van der Waals surface area (Å²) in [4.78, 5) is 18.2. The van der Waals surface area contributed by atoms with Crippen LogP contribution in [0.3, 0.4) is 0 Å². The highest BCUT2D eigenvalue weighted by molar-refractivity contribution is 5.95. The summed E-state index contributed by atoms with van der Waals surface area (Å²) in [6.07, 6.45) is 1.66. The Hall–Kier alpha value is -2.43. The molecule has 0 saturated heterocycles. The highest BCUT2D eigenvalue weighted by Gasteiger charge is 2.16. The van der Waals surface area contributed by atoms with Gasteiger partial charge in [-0.1, -0.05) is 12.1 Å². The van der Waals surface area contributed by atoms with Crippen LogP contribution >= 0.6 is 0 Å². The van der Waals surface area contributed by atoms with Crippen LogP contribution in [0, 0.1) is 12.7 Å². The lowest BCUT2D eigenvalue weighted by Gasteiger charge is -2.21. The second kappa shape index (κ2) is 7.54. The molecule has 22 heavy (non-hydrogen) atoms. The summed E-state index contributed by atoms with van der Waals surface area (Å²) < 4.78 is 18.9. The van der Waals surface area contributed by atoms with Crippen molar-refractivity contribution in [2.75, 3.05) is 19.7 Å². The van der Waals surface area contributed by atoms with Crippen molar-refractivity contribution >= 4 is 5.91 Å². The molecule has 5 heteroatoms. The fraction of sp³-hybridized carbons (Fsp3) is 0.294. The van der Waals surface area contributed by atoms with Crippen LogP contribution in [-0.4, -0.2) is 35.5 Å². The van der Waals surface area contributed by atoms with E-state index < -0.39 is 5.82 Å². The summed E-state index contributed by atoms with van der Waals surface area (Å²) in [5.41, 5.74) is 1.27. The van der Waals surface area contributed by atoms with E-state index in [9.17, 15) is 9.18 Å². The van der Waals surface area contributed by atoms with Crippen LogP contribution in [0.1, 0.15) is 23.0 Å². The highest BCUT2D eigenvalue weighted by atomic mass is 19.1. The molecule has 1 aromatic carbocycles. The molecule has 0 aliphatic carbocycles. The molecule has 0 fully saturated rings. The number of rotatable bonds is 6. The van der Waals surface area contributed by atoms with E-state index >= 15 is 0 Å². The van der Waals surface area contributed by atoms with Gasteiger partial charge in [0, 0.05) is 18.4 Å². The monoisotopic (exact) mass is 302 g/mol. The third-order valence-corrected chi connectivity index (χ3v) is 3.36. The van der Waals surface area contributed by atoms with Crippen molar-refractivity contribution in [3.63, 3.8) is 0 Å². The van der Waals surface area contributed by atoms with E-state index in [1.54, 1.807) is 48.4 Å². The SMILES string of the molecule is CCN(CCOc1ccccc1F)C(=O)c1cccnc1C. The Bertz CT molecular complexity index is 646. The number of benzene rings is 1. The Kier molecular flexibility index (Phi) is 5.47. The van der Waals surface area contributed by atoms with Gasteiger partial charge in [0.1, 0.15) is 6.61 Å². The number of carbonyl (C=O) groups is 1. The fourth-order valence-electron chi connectivity index (χ4n) is 2.11. The number of aryl methyl sites for hydroxylation is 1. The van der Waals surface area contributed by atoms with Crippen LogP contribution in [0.25, 0.3) is 0 Å². The number of likely N-dealkylation sites (N-methyl/N-ethyl adjacent to an activating group) is 1. The number of nitrogens with zero attached hydrogens (tertiary/aromatic N) is 2. The molecule has 4 nitrogen and oxygen atoms in total. The van der Waals surface area contributed by atoms with E-state index in [0.717, 1.165) is 0 Å². The van der Waals surface area contributed by atoms with Crippen LogP contribution in [0.2, 0.25) is 0 Å². The molecule has 0 aliphatic heterocycles. The summed E-state index contributed by atoms with van der Waals surface area (Å²) in [6.45, 7) is 4.87. The Balaban J connectivity index is 1.97. The van der Waals surface area contributed by atoms with E-state index in [4.69, 9.17) is 4.74 Å². The first-order chi connectivity index (χ1) is 10.6. The van der Waals surface area contributed by atoms with E-state index in [1.807, 2.05) is 6.92 Å². The van der Waals surface area contributed by atoms with Crippen molar-refractivity contribution in [2.45, 2.75) is 13.8 Å². The van der Waals surface area contributed by atoms with Gasteiger partial charge in [0.2, 0.25) is 0 Å². The average Bonchev–Trinajstić information content (AvgIpc) is 2.53. The zero-order valence-electron chi connectivity index (χ0n) is 12.8. The molecule has 0 bridgehead atoms. The predicted molar refractivity (Wildman–Crippen MR) is 82.4 cm³/mol. The largest absolute Gasteiger partial charge is 0.489 e. The third-order valence-electron chi connectivity index (χ3n) is 3.36. The minimum absolute atomic E-state index is 0.0924. The van der Waals surface area contributed by atoms with Crippen molar-refractivity contribution in [1.82, 2.24) is 9.88 Å². The third kappa shape index (κ3) is 3.81. The van der Waals surface area contributed by atoms with Gasteiger partial charge >= 0.3 is 0 Å². The lowest BCUT2D eigenvalue weighted by Crippen LogP contribution is -2.35. The zero-order chi connectivity index (χ0) is 15.9. The summed E-state index contributed by atoms with van der Waals surface area (Å²) in [7, 11) is 0. The molecule has 1 heterocycles. The van der Waals surface area contributed by atoms with Crippen LogP contribution < -0.4 is 4.74 Å². The van der Waals surface area contributed by atoms with Gasteiger partial charge in [0.05, 0.1) is 12.1 Å². The Morgan fingerprint density at radius 1 is 1.27 bits per heavy atom. The van der Waals surface area contributed by atoms with Crippen molar-refractivity contribution in [1.29, 1.82) is 0 Å². The summed E-state index contributed by atoms with van der Waals surface area (Å²) in [6, 6.07) is 9.72. The van der Waals surface area contributed by atoms with E-state index in [0.29, 0.717) is 24.3 Å². The summed E-state index contributed by atoms with van der Waals surface area (Å²) in [5.74, 6) is -0.297. The summed E-state index contributed by atoms with van der Waals surface area (Å²) >= 11 is 0. The molecular formula is C17H19FN2O2. The number of hydrogen-bond donors (Lipinski definition) is 0. The first kappa shape index (κ1) is 15.9. The zero-order valence-corrected chi connectivity index (χ0v) is 12.8. The number of halogens is 1. The Morgan fingerprint density at radius 2 is 2.05 bits per heavy atom. The Morgan fingerprint density at radius 3 is 2.73 bits per heavy atom. The lowest BCUT2D eigenvalue weighted by atomic mass is 10.2. The minimum Gasteiger partial charge on any atom is -0.489 e. The molecule has 0 saturated carbocycles. The molecule has 116 valence electrons. The fourth-order valence-corrected chi connectivity index (χ4v) is 2.11. The van der Waals surface area contributed by atoms with Gasteiger partial charge in [-0.2, -0.15) is 0 Å². The minimum atomic E-state index is -0.403. The molecule has 0 atom stereocenters. The first-order valence-corrected chi connectivity index (χ1v) is 7.21. The van der Waals surface area contributed by atoms with Crippen LogP contribution in [0.5, 0.6) is 5.75 Å². The van der Waals surface area contributed by atoms with E-state index in [1.165, 1.54) is 6.07 Å². The van der Waals surface area contributed by atoms with Crippen molar-refractivity contribution in [2.24, 2.45) is 0 Å². The molecule has 1 amide bonds. The maximum Gasteiger partial charge on any atom is 0.255 e. The number of pyridine rings is 1. The standard InChI is InChI=1S/C17H19FN2O2/c1-3-20(17(21)14-7-6-10-19-13(14)2)11-12-22-16-9-5-4-8-15(16)18/h4-10H,3,11-12H2,1-2H3. The quantitative estimate of drug-likeness (QED) is 0.823. The molecule has 2 rings (SSSR count). The molecule has 0 spiro atoms. The number of hydrogen-bond acceptors (Lipinski definition) is 3. The highest BCUT2D eigenvalue weighted by Crippen LogP contribution is 2.15. The number of aromatic nitrogens is 1. The number of ether oxygens (including phenoxy) is 1. The van der Waals surface area contributed by atoms with Crippen molar-refractivity contribution in [3.05, 3.63) is 59.7 Å². The van der Waals surface area contributed by atoms with Crippen LogP contribution in [0.4, 0.5) is 4.39 Å². The lowest BCUT2D eigenvalue weighted by molar-refractivity contribution is 0.0737. The summed E-state index contributed by atoms with van der Waals surface area (Å²) in [5, 5.41) is 0. The van der Waals surface area contributed by atoms with E-state index in [-0.39, 0.29) is 18.3 Å². The van der Waals surface area contributed by atoms with Crippen LogP contribution in [-0.2, 0) is 0 Å². The first-order valence-electron chi connectivity index (χ1n) is 7.21. The predicted octanol–water partition coefficient (Wildman–Crippen LogP) is 3.07. The van der Waals surface area contributed by atoms with Gasteiger partial charge in [-0.3, -0.25) is 9.78 Å². The van der Waals surface area contributed by atoms with Gasteiger partial charge < -0.3 is 9.64 Å². The molecule has 0 aliphatic rings. The smallest absolute Gasteiger partial charge is 0.255 e. The molecule has 2 aromatic rings. The van der Waals surface area contributed by atoms with Gasteiger partial charge in [0.25, 0.3) is 5.91 Å². The topological polar surface area (TPSA) is 42.4 Å². The number of para-hydroxylation sites is 1.